The first-order valence-electron chi connectivity index (χ1n) is 9.07. The van der Waals surface area contributed by atoms with Gasteiger partial charge in [0.05, 0.1) is 19.8 Å². The molecule has 1 saturated heterocycles. The molecule has 0 radical (unpaired) electrons. The highest BCUT2D eigenvalue weighted by atomic mass is 16.5. The molecule has 1 atom stereocenters. The average Bonchev–Trinajstić information content (AvgIpc) is 2.73. The van der Waals surface area contributed by atoms with E-state index in [1.54, 1.807) is 33.5 Å². The molecule has 1 aliphatic heterocycles. The van der Waals surface area contributed by atoms with Crippen LogP contribution in [0.5, 0.6) is 11.5 Å². The van der Waals surface area contributed by atoms with Crippen molar-refractivity contribution >= 4 is 17.4 Å². The molecule has 7 heteroatoms. The number of benzene rings is 1. The molecular weight excluding hydrogens is 344 g/mol. The predicted octanol–water partition coefficient (Wildman–Crippen LogP) is 2.86. The van der Waals surface area contributed by atoms with E-state index in [2.05, 4.69) is 15.6 Å². The van der Waals surface area contributed by atoms with Crippen molar-refractivity contribution in [1.29, 1.82) is 0 Å². The number of rotatable bonds is 6. The second kappa shape index (κ2) is 8.62. The van der Waals surface area contributed by atoms with Gasteiger partial charge >= 0.3 is 0 Å². The highest BCUT2D eigenvalue weighted by molar-refractivity contribution is 5.98. The normalized spacial score (nSPS) is 16.6. The van der Waals surface area contributed by atoms with E-state index in [-0.39, 0.29) is 11.9 Å². The molecule has 0 bridgehead atoms. The molecule has 2 aromatic rings. The second-order valence-corrected chi connectivity index (χ2v) is 6.45. The first-order valence-corrected chi connectivity index (χ1v) is 9.07. The summed E-state index contributed by atoms with van der Waals surface area (Å²) in [6.45, 7) is 1.40. The Hall–Kier alpha value is -2.96. The minimum Gasteiger partial charge on any atom is -0.493 e. The van der Waals surface area contributed by atoms with Gasteiger partial charge in [-0.3, -0.25) is 4.79 Å². The molecule has 0 aliphatic carbocycles. The number of carbonyl (C=O) groups is 1. The van der Waals surface area contributed by atoms with Gasteiger partial charge in [0.2, 0.25) is 0 Å². The lowest BCUT2D eigenvalue weighted by Gasteiger charge is -2.34. The molecule has 1 aliphatic rings. The van der Waals surface area contributed by atoms with Crippen molar-refractivity contribution in [2.24, 2.45) is 0 Å². The summed E-state index contributed by atoms with van der Waals surface area (Å²) in [5.74, 6) is 1.99. The minimum absolute atomic E-state index is 0.00580. The monoisotopic (exact) mass is 370 g/mol. The van der Waals surface area contributed by atoms with Gasteiger partial charge in [0.15, 0.2) is 11.5 Å². The number of amides is 1. The third kappa shape index (κ3) is 4.24. The SMILES string of the molecule is CNc1ncccc1C(=O)N1CCC[C@@H](Nc2ccc(OC)c(OC)c2)C1. The molecule has 1 amide bonds. The Morgan fingerprint density at radius 2 is 2.04 bits per heavy atom. The average molecular weight is 370 g/mol. The van der Waals surface area contributed by atoms with Crippen molar-refractivity contribution < 1.29 is 14.3 Å². The van der Waals surface area contributed by atoms with Crippen LogP contribution in [0.2, 0.25) is 0 Å². The molecule has 2 N–H and O–H groups in total. The molecule has 1 aromatic carbocycles. The van der Waals surface area contributed by atoms with Crippen LogP contribution in [-0.4, -0.2) is 56.2 Å². The molecule has 7 nitrogen and oxygen atoms in total. The molecule has 27 heavy (non-hydrogen) atoms. The van der Waals surface area contributed by atoms with Crippen molar-refractivity contribution in [3.05, 3.63) is 42.1 Å². The maximum Gasteiger partial charge on any atom is 0.257 e. The summed E-state index contributed by atoms with van der Waals surface area (Å²) >= 11 is 0. The van der Waals surface area contributed by atoms with Crippen molar-refractivity contribution in [3.8, 4) is 11.5 Å². The minimum atomic E-state index is 0.00580. The van der Waals surface area contributed by atoms with E-state index < -0.39 is 0 Å². The van der Waals surface area contributed by atoms with E-state index in [0.717, 1.165) is 25.1 Å². The molecule has 1 fully saturated rings. The maximum absolute atomic E-state index is 12.9. The van der Waals surface area contributed by atoms with Gasteiger partial charge in [-0.15, -0.1) is 0 Å². The third-order valence-corrected chi connectivity index (χ3v) is 4.74. The lowest BCUT2D eigenvalue weighted by atomic mass is 10.0. The Balaban J connectivity index is 1.70. The van der Waals surface area contributed by atoms with Gasteiger partial charge < -0.3 is 25.0 Å². The third-order valence-electron chi connectivity index (χ3n) is 4.74. The molecule has 144 valence electrons. The van der Waals surface area contributed by atoms with E-state index in [1.165, 1.54) is 0 Å². The molecule has 0 unspecified atom stereocenters. The van der Waals surface area contributed by atoms with E-state index in [9.17, 15) is 4.79 Å². The van der Waals surface area contributed by atoms with Crippen LogP contribution in [0.25, 0.3) is 0 Å². The van der Waals surface area contributed by atoms with Gasteiger partial charge in [0.1, 0.15) is 5.82 Å². The lowest BCUT2D eigenvalue weighted by molar-refractivity contribution is 0.0715. The van der Waals surface area contributed by atoms with Gasteiger partial charge in [0.25, 0.3) is 5.91 Å². The van der Waals surface area contributed by atoms with Crippen LogP contribution < -0.4 is 20.1 Å². The zero-order valence-electron chi connectivity index (χ0n) is 16.0. The number of ether oxygens (including phenoxy) is 2. The Kier molecular flexibility index (Phi) is 6.01. The van der Waals surface area contributed by atoms with Crippen molar-refractivity contribution in [2.75, 3.05) is 45.0 Å². The van der Waals surface area contributed by atoms with Gasteiger partial charge in [0, 0.05) is 44.1 Å². The van der Waals surface area contributed by atoms with Crippen LogP contribution in [0.1, 0.15) is 23.2 Å². The first kappa shape index (κ1) is 18.8. The number of methoxy groups -OCH3 is 2. The van der Waals surface area contributed by atoms with Crippen LogP contribution in [0.4, 0.5) is 11.5 Å². The summed E-state index contributed by atoms with van der Waals surface area (Å²) in [7, 11) is 5.01. The van der Waals surface area contributed by atoms with Gasteiger partial charge in [-0.2, -0.15) is 0 Å². The first-order chi connectivity index (χ1) is 13.2. The molecule has 0 saturated carbocycles. The highest BCUT2D eigenvalue weighted by Gasteiger charge is 2.26. The number of carbonyl (C=O) groups excluding carboxylic acids is 1. The molecule has 1 aromatic heterocycles. The number of piperidine rings is 1. The van der Waals surface area contributed by atoms with Crippen LogP contribution in [-0.2, 0) is 0 Å². The fourth-order valence-electron chi connectivity index (χ4n) is 3.39. The number of anilines is 2. The van der Waals surface area contributed by atoms with Crippen LogP contribution >= 0.6 is 0 Å². The van der Waals surface area contributed by atoms with E-state index in [0.29, 0.717) is 29.4 Å². The van der Waals surface area contributed by atoms with E-state index in [4.69, 9.17) is 9.47 Å². The Morgan fingerprint density at radius 1 is 1.22 bits per heavy atom. The summed E-state index contributed by atoms with van der Waals surface area (Å²) < 4.78 is 10.6. The summed E-state index contributed by atoms with van der Waals surface area (Å²) in [6.07, 6.45) is 3.64. The van der Waals surface area contributed by atoms with Crippen LogP contribution in [0.15, 0.2) is 36.5 Å². The number of hydrogen-bond acceptors (Lipinski definition) is 6. The Bertz CT molecular complexity index is 797. The number of hydrogen-bond donors (Lipinski definition) is 2. The smallest absolute Gasteiger partial charge is 0.257 e. The van der Waals surface area contributed by atoms with Crippen molar-refractivity contribution in [2.45, 2.75) is 18.9 Å². The number of nitrogens with zero attached hydrogens (tertiary/aromatic N) is 2. The standard InChI is InChI=1S/C20H26N4O3/c1-21-19-16(7-4-10-22-19)20(25)24-11-5-6-15(13-24)23-14-8-9-17(26-2)18(12-14)27-3/h4,7-10,12,15,23H,5-6,11,13H2,1-3H3,(H,21,22)/t15-/m1/s1. The zero-order valence-corrected chi connectivity index (χ0v) is 16.0. The van der Waals surface area contributed by atoms with Gasteiger partial charge in [-0.05, 0) is 37.1 Å². The molecular formula is C20H26N4O3. The van der Waals surface area contributed by atoms with Crippen LogP contribution in [0, 0.1) is 0 Å². The summed E-state index contributed by atoms with van der Waals surface area (Å²) in [5, 5.41) is 6.50. The van der Waals surface area contributed by atoms with Gasteiger partial charge in [-0.25, -0.2) is 4.98 Å². The van der Waals surface area contributed by atoms with E-state index >= 15 is 0 Å². The second-order valence-electron chi connectivity index (χ2n) is 6.45. The van der Waals surface area contributed by atoms with Gasteiger partial charge in [-0.1, -0.05) is 0 Å². The number of nitrogens with one attached hydrogen (secondary N) is 2. The Morgan fingerprint density at radius 3 is 2.78 bits per heavy atom. The fourth-order valence-corrected chi connectivity index (χ4v) is 3.39. The summed E-state index contributed by atoms with van der Waals surface area (Å²) in [4.78, 5) is 19.1. The topological polar surface area (TPSA) is 75.7 Å². The molecule has 0 spiro atoms. The number of likely N-dealkylation sites (tertiary alicyclic amines) is 1. The van der Waals surface area contributed by atoms with Crippen molar-refractivity contribution in [3.63, 3.8) is 0 Å². The highest BCUT2D eigenvalue weighted by Crippen LogP contribution is 2.30. The molecule has 3 rings (SSSR count). The maximum atomic E-state index is 12.9. The predicted molar refractivity (Wildman–Crippen MR) is 106 cm³/mol. The van der Waals surface area contributed by atoms with E-state index in [1.807, 2.05) is 29.2 Å². The van der Waals surface area contributed by atoms with Crippen molar-refractivity contribution in [1.82, 2.24) is 9.88 Å². The lowest BCUT2D eigenvalue weighted by Crippen LogP contribution is -2.45. The zero-order chi connectivity index (χ0) is 19.2. The fraction of sp³-hybridized carbons (Fsp3) is 0.400. The quantitative estimate of drug-likeness (QED) is 0.814. The largest absolute Gasteiger partial charge is 0.493 e. The Labute approximate surface area is 159 Å². The van der Waals surface area contributed by atoms with Crippen LogP contribution in [0.3, 0.4) is 0 Å². The molecule has 2 heterocycles. The summed E-state index contributed by atoms with van der Waals surface area (Å²) in [5.41, 5.74) is 1.55. The number of pyridine rings is 1. The summed E-state index contributed by atoms with van der Waals surface area (Å²) in [6, 6.07) is 9.53. The number of aromatic nitrogens is 1.